The summed E-state index contributed by atoms with van der Waals surface area (Å²) in [5, 5.41) is 7.45. The fraction of sp³-hybridized carbons (Fsp3) is 0.250. The van der Waals surface area contributed by atoms with Crippen LogP contribution in [0.2, 0.25) is 0 Å². The number of nitrogens with one attached hydrogen (secondary N) is 1. The molecule has 2 aromatic heterocycles. The quantitative estimate of drug-likeness (QED) is 0.544. The Bertz CT molecular complexity index is 1170. The molecule has 1 aliphatic heterocycles. The standard InChI is InChI=1S/C24H24N6O/c31-23(25-16-18-7-3-1-4-8-18)20-11-13-29(14-12-20)22-15-21(19-9-5-2-6-10-19)28-24-26-17-27-30(22)24/h1-10,15,17,20H,11-14,16H2,(H,25,31). The van der Waals surface area contributed by atoms with E-state index in [9.17, 15) is 4.79 Å². The molecule has 2 aromatic carbocycles. The van der Waals surface area contributed by atoms with Crippen molar-refractivity contribution < 1.29 is 4.79 Å². The first-order chi connectivity index (χ1) is 15.3. The number of piperidine rings is 1. The molecule has 4 aromatic rings. The van der Waals surface area contributed by atoms with Crippen LogP contribution >= 0.6 is 0 Å². The second-order valence-electron chi connectivity index (χ2n) is 7.80. The lowest BCUT2D eigenvalue weighted by Gasteiger charge is -2.33. The van der Waals surface area contributed by atoms with Gasteiger partial charge in [-0.1, -0.05) is 60.7 Å². The van der Waals surface area contributed by atoms with E-state index in [1.807, 2.05) is 60.7 Å². The highest BCUT2D eigenvalue weighted by atomic mass is 16.1. The summed E-state index contributed by atoms with van der Waals surface area (Å²) in [6, 6.07) is 22.2. The summed E-state index contributed by atoms with van der Waals surface area (Å²) in [7, 11) is 0. The number of fused-ring (bicyclic) bond motifs is 1. The molecule has 0 atom stereocenters. The third-order valence-electron chi connectivity index (χ3n) is 5.80. The molecule has 7 heteroatoms. The smallest absolute Gasteiger partial charge is 0.254 e. The van der Waals surface area contributed by atoms with E-state index in [1.54, 1.807) is 4.52 Å². The molecule has 1 amide bonds. The lowest BCUT2D eigenvalue weighted by Crippen LogP contribution is -2.41. The number of aromatic nitrogens is 4. The van der Waals surface area contributed by atoms with E-state index < -0.39 is 0 Å². The molecule has 156 valence electrons. The molecule has 1 fully saturated rings. The van der Waals surface area contributed by atoms with E-state index in [0.717, 1.165) is 48.6 Å². The largest absolute Gasteiger partial charge is 0.356 e. The molecule has 0 unspecified atom stereocenters. The molecule has 0 radical (unpaired) electrons. The first-order valence-electron chi connectivity index (χ1n) is 10.6. The Kier molecular flexibility index (Phi) is 5.31. The van der Waals surface area contributed by atoms with Crippen molar-refractivity contribution in [2.75, 3.05) is 18.0 Å². The van der Waals surface area contributed by atoms with Crippen molar-refractivity contribution in [1.29, 1.82) is 0 Å². The van der Waals surface area contributed by atoms with Crippen LogP contribution in [-0.4, -0.2) is 38.6 Å². The van der Waals surface area contributed by atoms with Gasteiger partial charge in [-0.15, -0.1) is 0 Å². The monoisotopic (exact) mass is 412 g/mol. The van der Waals surface area contributed by atoms with Crippen molar-refractivity contribution in [3.8, 4) is 11.3 Å². The predicted octanol–water partition coefficient (Wildman–Crippen LogP) is 3.32. The first kappa shape index (κ1) is 19.2. The van der Waals surface area contributed by atoms with Crippen LogP contribution in [0.4, 0.5) is 5.82 Å². The maximum Gasteiger partial charge on any atom is 0.254 e. The van der Waals surface area contributed by atoms with E-state index in [-0.39, 0.29) is 11.8 Å². The van der Waals surface area contributed by atoms with E-state index >= 15 is 0 Å². The minimum Gasteiger partial charge on any atom is -0.356 e. The zero-order chi connectivity index (χ0) is 21.0. The average molecular weight is 412 g/mol. The molecule has 0 saturated carbocycles. The Labute approximate surface area is 180 Å². The molecule has 1 aliphatic rings. The van der Waals surface area contributed by atoms with Crippen molar-refractivity contribution >= 4 is 17.5 Å². The number of rotatable bonds is 5. The van der Waals surface area contributed by atoms with Crippen LogP contribution in [-0.2, 0) is 11.3 Å². The number of amides is 1. The molecule has 0 aliphatic carbocycles. The zero-order valence-corrected chi connectivity index (χ0v) is 17.2. The van der Waals surface area contributed by atoms with Crippen molar-refractivity contribution in [1.82, 2.24) is 24.9 Å². The van der Waals surface area contributed by atoms with Crippen LogP contribution < -0.4 is 10.2 Å². The predicted molar refractivity (Wildman–Crippen MR) is 119 cm³/mol. The van der Waals surface area contributed by atoms with Gasteiger partial charge in [-0.3, -0.25) is 4.79 Å². The van der Waals surface area contributed by atoms with Crippen molar-refractivity contribution in [3.63, 3.8) is 0 Å². The van der Waals surface area contributed by atoms with Gasteiger partial charge in [0.2, 0.25) is 5.91 Å². The van der Waals surface area contributed by atoms with Crippen LogP contribution in [0.15, 0.2) is 73.1 Å². The number of carbonyl (C=O) groups excluding carboxylic acids is 1. The van der Waals surface area contributed by atoms with Gasteiger partial charge in [0, 0.05) is 37.2 Å². The minimum atomic E-state index is 0.0293. The third kappa shape index (κ3) is 4.12. The van der Waals surface area contributed by atoms with Gasteiger partial charge < -0.3 is 10.2 Å². The molecule has 31 heavy (non-hydrogen) atoms. The second-order valence-corrected chi connectivity index (χ2v) is 7.80. The zero-order valence-electron chi connectivity index (χ0n) is 17.2. The summed E-state index contributed by atoms with van der Waals surface area (Å²) >= 11 is 0. The summed E-state index contributed by atoms with van der Waals surface area (Å²) < 4.78 is 1.78. The molecule has 0 bridgehead atoms. The van der Waals surface area contributed by atoms with Crippen LogP contribution in [0.25, 0.3) is 17.0 Å². The molecule has 1 saturated heterocycles. The Balaban J connectivity index is 1.29. The molecule has 3 heterocycles. The van der Waals surface area contributed by atoms with Gasteiger partial charge in [0.1, 0.15) is 12.1 Å². The number of carbonyl (C=O) groups is 1. The first-order valence-corrected chi connectivity index (χ1v) is 10.6. The van der Waals surface area contributed by atoms with E-state index in [2.05, 4.69) is 31.3 Å². The van der Waals surface area contributed by atoms with Crippen LogP contribution in [0.1, 0.15) is 18.4 Å². The van der Waals surface area contributed by atoms with E-state index in [1.165, 1.54) is 6.33 Å². The molecular formula is C24H24N6O. The molecule has 1 N–H and O–H groups in total. The highest BCUT2D eigenvalue weighted by Gasteiger charge is 2.26. The number of hydrogen-bond donors (Lipinski definition) is 1. The summed E-state index contributed by atoms with van der Waals surface area (Å²) in [4.78, 5) is 23.9. The van der Waals surface area contributed by atoms with Crippen molar-refractivity contribution in [2.45, 2.75) is 19.4 Å². The minimum absolute atomic E-state index is 0.0293. The Morgan fingerprint density at radius 3 is 2.45 bits per heavy atom. The normalized spacial score (nSPS) is 14.6. The maximum absolute atomic E-state index is 12.7. The second kappa shape index (κ2) is 8.55. The number of benzene rings is 2. The Morgan fingerprint density at radius 1 is 1.00 bits per heavy atom. The molecular weight excluding hydrogens is 388 g/mol. The van der Waals surface area contributed by atoms with Gasteiger partial charge in [0.15, 0.2) is 0 Å². The fourth-order valence-corrected chi connectivity index (χ4v) is 4.08. The molecule has 7 nitrogen and oxygen atoms in total. The van der Waals surface area contributed by atoms with Crippen LogP contribution in [0, 0.1) is 5.92 Å². The van der Waals surface area contributed by atoms with E-state index in [4.69, 9.17) is 0 Å². The Morgan fingerprint density at radius 2 is 1.71 bits per heavy atom. The number of hydrogen-bond acceptors (Lipinski definition) is 5. The lowest BCUT2D eigenvalue weighted by molar-refractivity contribution is -0.125. The third-order valence-corrected chi connectivity index (χ3v) is 5.80. The summed E-state index contributed by atoms with van der Waals surface area (Å²) in [6.07, 6.45) is 3.14. The van der Waals surface area contributed by atoms with E-state index in [0.29, 0.717) is 12.3 Å². The van der Waals surface area contributed by atoms with Crippen molar-refractivity contribution in [2.24, 2.45) is 5.92 Å². The lowest BCUT2D eigenvalue weighted by atomic mass is 9.95. The van der Waals surface area contributed by atoms with Gasteiger partial charge in [0.25, 0.3) is 5.78 Å². The molecule has 0 spiro atoms. The van der Waals surface area contributed by atoms with Gasteiger partial charge in [-0.25, -0.2) is 4.98 Å². The SMILES string of the molecule is O=C(NCc1ccccc1)C1CCN(c2cc(-c3ccccc3)nc3ncnn23)CC1. The molecule has 5 rings (SSSR count). The number of nitrogens with zero attached hydrogens (tertiary/aromatic N) is 5. The number of anilines is 1. The fourth-order valence-electron chi connectivity index (χ4n) is 4.08. The highest BCUT2D eigenvalue weighted by molar-refractivity contribution is 5.79. The van der Waals surface area contributed by atoms with Gasteiger partial charge >= 0.3 is 0 Å². The topological polar surface area (TPSA) is 75.4 Å². The van der Waals surface area contributed by atoms with Gasteiger partial charge in [-0.05, 0) is 18.4 Å². The summed E-state index contributed by atoms with van der Waals surface area (Å²) in [6.45, 7) is 2.15. The maximum atomic E-state index is 12.7. The summed E-state index contributed by atoms with van der Waals surface area (Å²) in [5.41, 5.74) is 3.04. The summed E-state index contributed by atoms with van der Waals surface area (Å²) in [5.74, 6) is 1.71. The van der Waals surface area contributed by atoms with Gasteiger partial charge in [-0.2, -0.15) is 14.6 Å². The Hall–Kier alpha value is -3.74. The van der Waals surface area contributed by atoms with Gasteiger partial charge in [0.05, 0.1) is 5.69 Å². The van der Waals surface area contributed by atoms with Crippen molar-refractivity contribution in [3.05, 3.63) is 78.6 Å². The highest BCUT2D eigenvalue weighted by Crippen LogP contribution is 2.27. The van der Waals surface area contributed by atoms with Crippen LogP contribution in [0.5, 0.6) is 0 Å². The average Bonchev–Trinajstić information content (AvgIpc) is 3.32. The van der Waals surface area contributed by atoms with Crippen LogP contribution in [0.3, 0.4) is 0 Å².